The average molecular weight is 291 g/mol. The highest BCUT2D eigenvalue weighted by Gasteiger charge is 1.97. The Morgan fingerprint density at radius 3 is 3.08 bits per heavy atom. The van der Waals surface area contributed by atoms with Crippen LogP contribution < -0.4 is 11.3 Å². The van der Waals surface area contributed by atoms with Gasteiger partial charge in [0.05, 0.1) is 9.90 Å². The largest absolute Gasteiger partial charge is 0.327 e. The van der Waals surface area contributed by atoms with E-state index in [9.17, 15) is 4.79 Å². The standard InChI is InChI=1S/C8H10IN3O/c9-7-5-11-6-12(8(7)13)4-2-1-3-10/h1-2,5-6H,3-4,10H2. The van der Waals surface area contributed by atoms with Crippen molar-refractivity contribution in [2.75, 3.05) is 6.54 Å². The third-order valence-corrected chi connectivity index (χ3v) is 2.20. The van der Waals surface area contributed by atoms with Gasteiger partial charge in [-0.2, -0.15) is 0 Å². The molecule has 0 amide bonds. The van der Waals surface area contributed by atoms with Gasteiger partial charge in [0, 0.05) is 19.3 Å². The second-order valence-corrected chi connectivity index (χ2v) is 3.57. The van der Waals surface area contributed by atoms with Crippen molar-refractivity contribution in [3.63, 3.8) is 0 Å². The fourth-order valence-electron chi connectivity index (χ4n) is 0.838. The minimum Gasteiger partial charge on any atom is -0.327 e. The molecule has 0 saturated heterocycles. The van der Waals surface area contributed by atoms with Crippen molar-refractivity contribution in [3.8, 4) is 0 Å². The lowest BCUT2D eigenvalue weighted by Gasteiger charge is -1.99. The van der Waals surface area contributed by atoms with E-state index < -0.39 is 0 Å². The van der Waals surface area contributed by atoms with Gasteiger partial charge >= 0.3 is 0 Å². The lowest BCUT2D eigenvalue weighted by atomic mass is 10.5. The number of halogens is 1. The molecule has 0 aliphatic carbocycles. The zero-order valence-electron chi connectivity index (χ0n) is 6.98. The number of nitrogens with two attached hydrogens (primary N) is 1. The summed E-state index contributed by atoms with van der Waals surface area (Å²) in [4.78, 5) is 15.3. The summed E-state index contributed by atoms with van der Waals surface area (Å²) in [6, 6.07) is 0. The molecule has 4 nitrogen and oxygen atoms in total. The highest BCUT2D eigenvalue weighted by molar-refractivity contribution is 14.1. The van der Waals surface area contributed by atoms with Crippen LogP contribution in [0.3, 0.4) is 0 Å². The molecular formula is C8H10IN3O. The normalized spacial score (nSPS) is 10.9. The van der Waals surface area contributed by atoms with Crippen molar-refractivity contribution in [1.82, 2.24) is 9.55 Å². The van der Waals surface area contributed by atoms with E-state index in [-0.39, 0.29) is 5.56 Å². The van der Waals surface area contributed by atoms with Gasteiger partial charge in [0.15, 0.2) is 0 Å². The zero-order valence-corrected chi connectivity index (χ0v) is 9.14. The third-order valence-electron chi connectivity index (χ3n) is 1.46. The Hall–Kier alpha value is -0.690. The Balaban J connectivity index is 2.84. The monoisotopic (exact) mass is 291 g/mol. The molecule has 1 aromatic heterocycles. The van der Waals surface area contributed by atoms with Gasteiger partial charge in [0.25, 0.3) is 5.56 Å². The molecule has 1 heterocycles. The van der Waals surface area contributed by atoms with Gasteiger partial charge in [0.1, 0.15) is 0 Å². The van der Waals surface area contributed by atoms with Gasteiger partial charge in [-0.05, 0) is 22.6 Å². The van der Waals surface area contributed by atoms with Crippen LogP contribution in [-0.4, -0.2) is 16.1 Å². The predicted octanol–water partition coefficient (Wildman–Crippen LogP) is 0.363. The molecule has 0 saturated carbocycles. The molecule has 0 aliphatic rings. The van der Waals surface area contributed by atoms with E-state index in [1.807, 2.05) is 34.7 Å². The molecule has 5 heteroatoms. The molecule has 2 N–H and O–H groups in total. The highest BCUT2D eigenvalue weighted by Crippen LogP contribution is 1.92. The average Bonchev–Trinajstić information content (AvgIpc) is 2.13. The molecule has 0 spiro atoms. The van der Waals surface area contributed by atoms with E-state index in [2.05, 4.69) is 4.98 Å². The molecule has 1 rings (SSSR count). The fourth-order valence-corrected chi connectivity index (χ4v) is 1.31. The number of aromatic nitrogens is 2. The lowest BCUT2D eigenvalue weighted by Crippen LogP contribution is -2.21. The third kappa shape index (κ3) is 2.92. The smallest absolute Gasteiger partial charge is 0.267 e. The number of hydrogen-bond acceptors (Lipinski definition) is 3. The molecule has 0 aromatic carbocycles. The Kier molecular flexibility index (Phi) is 4.10. The second-order valence-electron chi connectivity index (χ2n) is 2.41. The SMILES string of the molecule is NCC=CCn1cncc(I)c1=O. The first kappa shape index (κ1) is 10.4. The summed E-state index contributed by atoms with van der Waals surface area (Å²) in [6.07, 6.45) is 6.73. The van der Waals surface area contributed by atoms with Crippen LogP contribution in [0.5, 0.6) is 0 Å². The van der Waals surface area contributed by atoms with Crippen LogP contribution in [0.2, 0.25) is 0 Å². The van der Waals surface area contributed by atoms with Crippen LogP contribution in [-0.2, 0) is 6.54 Å². The van der Waals surface area contributed by atoms with Gasteiger partial charge in [-0.15, -0.1) is 0 Å². The number of nitrogens with zero attached hydrogens (tertiary/aromatic N) is 2. The highest BCUT2D eigenvalue weighted by atomic mass is 127. The van der Waals surface area contributed by atoms with Crippen molar-refractivity contribution < 1.29 is 0 Å². The van der Waals surface area contributed by atoms with E-state index in [1.54, 1.807) is 6.20 Å². The van der Waals surface area contributed by atoms with E-state index in [4.69, 9.17) is 5.73 Å². The molecule has 1 aromatic rings. The first-order valence-electron chi connectivity index (χ1n) is 3.80. The molecule has 0 radical (unpaired) electrons. The number of allylic oxidation sites excluding steroid dienone is 1. The Labute approximate surface area is 89.6 Å². The second kappa shape index (κ2) is 5.13. The van der Waals surface area contributed by atoms with Crippen molar-refractivity contribution >= 4 is 22.6 Å². The van der Waals surface area contributed by atoms with Crippen LogP contribution >= 0.6 is 22.6 Å². The topological polar surface area (TPSA) is 60.9 Å². The van der Waals surface area contributed by atoms with E-state index in [0.29, 0.717) is 16.7 Å². The molecule has 0 unspecified atom stereocenters. The summed E-state index contributed by atoms with van der Waals surface area (Å²) in [7, 11) is 0. The number of hydrogen-bond donors (Lipinski definition) is 1. The summed E-state index contributed by atoms with van der Waals surface area (Å²) in [5, 5.41) is 0. The van der Waals surface area contributed by atoms with Crippen LogP contribution in [0.15, 0.2) is 29.5 Å². The molecular weight excluding hydrogens is 281 g/mol. The van der Waals surface area contributed by atoms with Crippen LogP contribution in [0.1, 0.15) is 0 Å². The fraction of sp³-hybridized carbons (Fsp3) is 0.250. The van der Waals surface area contributed by atoms with E-state index in [0.717, 1.165) is 0 Å². The van der Waals surface area contributed by atoms with Gasteiger partial charge < -0.3 is 5.73 Å². The molecule has 0 bridgehead atoms. The van der Waals surface area contributed by atoms with E-state index >= 15 is 0 Å². The maximum Gasteiger partial charge on any atom is 0.267 e. The summed E-state index contributed by atoms with van der Waals surface area (Å²) in [6.45, 7) is 1.02. The lowest BCUT2D eigenvalue weighted by molar-refractivity contribution is 0.745. The summed E-state index contributed by atoms with van der Waals surface area (Å²) in [5.41, 5.74) is 5.25. The summed E-state index contributed by atoms with van der Waals surface area (Å²) in [5.74, 6) is 0. The van der Waals surface area contributed by atoms with Gasteiger partial charge in [-0.1, -0.05) is 12.2 Å². The molecule has 0 aliphatic heterocycles. The van der Waals surface area contributed by atoms with Crippen molar-refractivity contribution in [3.05, 3.63) is 38.6 Å². The zero-order chi connectivity index (χ0) is 9.68. The summed E-state index contributed by atoms with van der Waals surface area (Å²) >= 11 is 1.97. The number of rotatable bonds is 3. The first-order valence-corrected chi connectivity index (χ1v) is 4.88. The predicted molar refractivity (Wildman–Crippen MR) is 59.4 cm³/mol. The minimum absolute atomic E-state index is 0.0164. The molecule has 0 fully saturated rings. The van der Waals surface area contributed by atoms with E-state index in [1.165, 1.54) is 10.9 Å². The minimum atomic E-state index is -0.0164. The molecule has 13 heavy (non-hydrogen) atoms. The molecule has 70 valence electrons. The van der Waals surface area contributed by atoms with Crippen LogP contribution in [0.4, 0.5) is 0 Å². The van der Waals surface area contributed by atoms with Gasteiger partial charge in [0.2, 0.25) is 0 Å². The van der Waals surface area contributed by atoms with Crippen molar-refractivity contribution in [1.29, 1.82) is 0 Å². The first-order chi connectivity index (χ1) is 6.25. The Morgan fingerprint density at radius 1 is 1.62 bits per heavy atom. The van der Waals surface area contributed by atoms with Gasteiger partial charge in [-0.3, -0.25) is 9.36 Å². The Morgan fingerprint density at radius 2 is 2.38 bits per heavy atom. The molecule has 0 atom stereocenters. The summed E-state index contributed by atoms with van der Waals surface area (Å²) < 4.78 is 2.16. The Bertz CT molecular complexity index is 359. The van der Waals surface area contributed by atoms with Crippen molar-refractivity contribution in [2.24, 2.45) is 5.73 Å². The maximum atomic E-state index is 11.4. The van der Waals surface area contributed by atoms with Crippen LogP contribution in [0.25, 0.3) is 0 Å². The maximum absolute atomic E-state index is 11.4. The van der Waals surface area contributed by atoms with Crippen molar-refractivity contribution in [2.45, 2.75) is 6.54 Å². The quantitative estimate of drug-likeness (QED) is 0.646. The van der Waals surface area contributed by atoms with Crippen LogP contribution in [0, 0.1) is 3.57 Å². The van der Waals surface area contributed by atoms with Gasteiger partial charge in [-0.25, -0.2) is 4.98 Å².